The number of hydrogen-bond acceptors (Lipinski definition) is 5. The van der Waals surface area contributed by atoms with Crippen LogP contribution in [0.3, 0.4) is 0 Å². The van der Waals surface area contributed by atoms with Crippen molar-refractivity contribution in [2.24, 2.45) is 0 Å². The van der Waals surface area contributed by atoms with E-state index in [0.29, 0.717) is 23.2 Å². The molecule has 0 unspecified atom stereocenters. The van der Waals surface area contributed by atoms with Crippen molar-refractivity contribution in [3.8, 4) is 0 Å². The van der Waals surface area contributed by atoms with Crippen LogP contribution in [0.25, 0.3) is 10.8 Å². The normalized spacial score (nSPS) is 10.7. The number of furan rings is 1. The van der Waals surface area contributed by atoms with E-state index in [1.54, 1.807) is 6.07 Å². The van der Waals surface area contributed by atoms with E-state index in [1.165, 1.54) is 7.11 Å². The van der Waals surface area contributed by atoms with Gasteiger partial charge in [-0.05, 0) is 18.9 Å². The number of carbonyl (C=O) groups excluding carboxylic acids is 1. The average Bonchev–Trinajstić information content (AvgIpc) is 2.86. The molecule has 22 heavy (non-hydrogen) atoms. The van der Waals surface area contributed by atoms with E-state index in [1.807, 2.05) is 18.0 Å². The van der Waals surface area contributed by atoms with E-state index in [0.717, 1.165) is 12.8 Å². The summed E-state index contributed by atoms with van der Waals surface area (Å²) in [6.45, 7) is 4.41. The number of carbonyl (C=O) groups is 1. The summed E-state index contributed by atoms with van der Waals surface area (Å²) in [5.74, 6) is -0.0584. The van der Waals surface area contributed by atoms with Crippen molar-refractivity contribution in [1.82, 2.24) is 4.98 Å². The Morgan fingerprint density at radius 3 is 2.91 bits per heavy atom. The molecule has 0 spiro atoms. The maximum absolute atomic E-state index is 11.9. The number of ether oxygens (including phenoxy) is 1. The van der Waals surface area contributed by atoms with Gasteiger partial charge in [0.25, 0.3) is 0 Å². The highest BCUT2D eigenvalue weighted by molar-refractivity contribution is 6.38. The Morgan fingerprint density at radius 1 is 1.55 bits per heavy atom. The Morgan fingerprint density at radius 2 is 2.27 bits per heavy atom. The van der Waals surface area contributed by atoms with Crippen LogP contribution >= 0.6 is 23.2 Å². The Hall–Kier alpha value is -1.72. The van der Waals surface area contributed by atoms with Crippen molar-refractivity contribution >= 4 is 45.8 Å². The second kappa shape index (κ2) is 7.03. The van der Waals surface area contributed by atoms with Crippen LogP contribution in [0.5, 0.6) is 0 Å². The number of hydrogen-bond donors (Lipinski definition) is 0. The summed E-state index contributed by atoms with van der Waals surface area (Å²) in [7, 11) is 3.14. The molecule has 0 bridgehead atoms. The van der Waals surface area contributed by atoms with Gasteiger partial charge in [0.1, 0.15) is 10.3 Å². The highest BCUT2D eigenvalue weighted by Crippen LogP contribution is 2.38. The molecule has 0 N–H and O–H groups in total. The first kappa shape index (κ1) is 16.6. The van der Waals surface area contributed by atoms with Gasteiger partial charge in [0, 0.05) is 19.0 Å². The minimum absolute atomic E-state index is 0.0641. The molecule has 2 aromatic heterocycles. The number of rotatable bonds is 6. The van der Waals surface area contributed by atoms with E-state index in [2.05, 4.69) is 11.6 Å². The van der Waals surface area contributed by atoms with Crippen LogP contribution in [0.4, 0.5) is 5.88 Å². The highest BCUT2D eigenvalue weighted by Gasteiger charge is 2.25. The molecule has 0 amide bonds. The molecule has 0 fully saturated rings. The molecule has 118 valence electrons. The van der Waals surface area contributed by atoms with Gasteiger partial charge >= 0.3 is 5.97 Å². The van der Waals surface area contributed by atoms with E-state index in [9.17, 15) is 4.79 Å². The summed E-state index contributed by atoms with van der Waals surface area (Å²) in [6, 6.07) is 1.54. The van der Waals surface area contributed by atoms with Crippen molar-refractivity contribution < 1.29 is 13.9 Å². The summed E-state index contributed by atoms with van der Waals surface area (Å²) in [5.41, 5.74) is 0. The summed E-state index contributed by atoms with van der Waals surface area (Å²) >= 11 is 12.1. The van der Waals surface area contributed by atoms with E-state index in [4.69, 9.17) is 32.4 Å². The second-order valence-electron chi connectivity index (χ2n) is 4.74. The van der Waals surface area contributed by atoms with Gasteiger partial charge in [-0.2, -0.15) is 0 Å². The Kier molecular flexibility index (Phi) is 5.32. The predicted molar refractivity (Wildman–Crippen MR) is 88.1 cm³/mol. The van der Waals surface area contributed by atoms with Gasteiger partial charge < -0.3 is 14.1 Å². The van der Waals surface area contributed by atoms with E-state index < -0.39 is 5.97 Å². The zero-order valence-electron chi connectivity index (χ0n) is 12.4. The van der Waals surface area contributed by atoms with Crippen LogP contribution in [-0.4, -0.2) is 31.7 Å². The molecule has 0 aliphatic carbocycles. The monoisotopic (exact) mass is 342 g/mol. The fourth-order valence-corrected chi connectivity index (χ4v) is 2.67. The Balaban J connectivity index is 2.54. The lowest BCUT2D eigenvalue weighted by molar-refractivity contribution is 0.0569. The number of anilines is 1. The number of methoxy groups -OCH3 is 1. The maximum atomic E-state index is 11.9. The second-order valence-corrected chi connectivity index (χ2v) is 5.48. The van der Waals surface area contributed by atoms with Gasteiger partial charge in [-0.1, -0.05) is 29.3 Å². The van der Waals surface area contributed by atoms with Crippen LogP contribution in [0.15, 0.2) is 23.1 Å². The molecule has 0 saturated carbocycles. The van der Waals surface area contributed by atoms with Crippen LogP contribution in [0, 0.1) is 0 Å². The van der Waals surface area contributed by atoms with Crippen molar-refractivity contribution in [2.45, 2.75) is 12.8 Å². The minimum Gasteiger partial charge on any atom is -0.463 e. The first-order chi connectivity index (χ1) is 10.5. The lowest BCUT2D eigenvalue weighted by Crippen LogP contribution is -2.18. The topological polar surface area (TPSA) is 55.6 Å². The molecule has 2 rings (SSSR count). The third-order valence-electron chi connectivity index (χ3n) is 3.22. The summed E-state index contributed by atoms with van der Waals surface area (Å²) in [4.78, 5) is 17.8. The lowest BCUT2D eigenvalue weighted by Gasteiger charge is -2.16. The van der Waals surface area contributed by atoms with Crippen LogP contribution < -0.4 is 4.90 Å². The smallest absolute Gasteiger partial charge is 0.374 e. The van der Waals surface area contributed by atoms with Crippen molar-refractivity contribution in [1.29, 1.82) is 0 Å². The molecule has 2 heterocycles. The molecule has 0 radical (unpaired) electrons. The maximum Gasteiger partial charge on any atom is 0.374 e. The van der Waals surface area contributed by atoms with Crippen molar-refractivity contribution in [3.63, 3.8) is 0 Å². The van der Waals surface area contributed by atoms with Crippen molar-refractivity contribution in [3.05, 3.63) is 34.8 Å². The van der Waals surface area contributed by atoms with Crippen LogP contribution in [0.2, 0.25) is 10.3 Å². The standard InChI is InChI=1S/C15H16Cl2N2O3/c1-4-5-6-7-19(2)14-11-9(8-10(16)18-13(11)17)12(22-14)15(20)21-3/h4,8H,1,5-7H2,2-3H3. The number of allylic oxidation sites excluding steroid dienone is 1. The SMILES string of the molecule is C=CCCCN(C)c1oc(C(=O)OC)c2cc(Cl)nc(Cl)c12. The molecule has 0 aromatic carbocycles. The van der Waals surface area contributed by atoms with E-state index >= 15 is 0 Å². The van der Waals surface area contributed by atoms with E-state index in [-0.39, 0.29) is 16.1 Å². The summed E-state index contributed by atoms with van der Waals surface area (Å²) in [5, 5.41) is 1.41. The van der Waals surface area contributed by atoms with Gasteiger partial charge in [-0.15, -0.1) is 6.58 Å². The Bertz CT molecular complexity index is 712. The summed E-state index contributed by atoms with van der Waals surface area (Å²) < 4.78 is 10.4. The molecule has 0 aliphatic rings. The minimum atomic E-state index is -0.589. The Labute approximate surface area is 138 Å². The molecule has 0 aliphatic heterocycles. The third kappa shape index (κ3) is 3.20. The molecule has 5 nitrogen and oxygen atoms in total. The van der Waals surface area contributed by atoms with Crippen LogP contribution in [-0.2, 0) is 4.74 Å². The number of unbranched alkanes of at least 4 members (excludes halogenated alkanes) is 1. The zero-order valence-corrected chi connectivity index (χ0v) is 13.9. The van der Waals surface area contributed by atoms with Gasteiger partial charge in [0.2, 0.25) is 11.6 Å². The molecule has 7 heteroatoms. The number of aromatic nitrogens is 1. The third-order valence-corrected chi connectivity index (χ3v) is 3.69. The fraction of sp³-hybridized carbons (Fsp3) is 0.333. The summed E-state index contributed by atoms with van der Waals surface area (Å²) in [6.07, 6.45) is 3.63. The molecule has 0 saturated heterocycles. The molecular weight excluding hydrogens is 327 g/mol. The number of nitrogens with zero attached hydrogens (tertiary/aromatic N) is 2. The predicted octanol–water partition coefficient (Wildman–Crippen LogP) is 4.32. The number of fused-ring (bicyclic) bond motifs is 1. The number of halogens is 2. The number of esters is 1. The zero-order chi connectivity index (χ0) is 16.3. The molecule has 2 aromatic rings. The first-order valence-electron chi connectivity index (χ1n) is 6.68. The van der Waals surface area contributed by atoms with Gasteiger partial charge in [-0.25, -0.2) is 9.78 Å². The van der Waals surface area contributed by atoms with Gasteiger partial charge in [0.15, 0.2) is 0 Å². The van der Waals surface area contributed by atoms with Crippen molar-refractivity contribution in [2.75, 3.05) is 25.6 Å². The van der Waals surface area contributed by atoms with Gasteiger partial charge in [0.05, 0.1) is 12.5 Å². The average molecular weight is 343 g/mol. The quantitative estimate of drug-likeness (QED) is 0.338. The van der Waals surface area contributed by atoms with Gasteiger partial charge in [-0.3, -0.25) is 0 Å². The lowest BCUT2D eigenvalue weighted by atomic mass is 10.2. The number of pyridine rings is 1. The fourth-order valence-electron chi connectivity index (χ4n) is 2.16. The highest BCUT2D eigenvalue weighted by atomic mass is 35.5. The largest absolute Gasteiger partial charge is 0.463 e. The van der Waals surface area contributed by atoms with Crippen LogP contribution in [0.1, 0.15) is 23.4 Å². The first-order valence-corrected chi connectivity index (χ1v) is 7.44. The molecule has 0 atom stereocenters. The molecular formula is C15H16Cl2N2O3.